The summed E-state index contributed by atoms with van der Waals surface area (Å²) in [5.74, 6) is 1.10. The lowest BCUT2D eigenvalue weighted by atomic mass is 10.4. The lowest BCUT2D eigenvalue weighted by Gasteiger charge is -2.12. The van der Waals surface area contributed by atoms with Gasteiger partial charge in [0.05, 0.1) is 0 Å². The summed E-state index contributed by atoms with van der Waals surface area (Å²) in [6.07, 6.45) is 2.08. The zero-order valence-electron chi connectivity index (χ0n) is 7.31. The highest BCUT2D eigenvalue weighted by Gasteiger charge is 1.95. The third kappa shape index (κ3) is 7.94. The minimum atomic E-state index is 0.421. The minimum Gasteiger partial charge on any atom is -0.362 e. The number of rotatable bonds is 4. The molecule has 66 valence electrons. The van der Waals surface area contributed by atoms with Crippen LogP contribution in [-0.4, -0.2) is 29.7 Å². The van der Waals surface area contributed by atoms with E-state index >= 15 is 0 Å². The second-order valence-electron chi connectivity index (χ2n) is 2.55. The van der Waals surface area contributed by atoms with Gasteiger partial charge in [-0.25, -0.2) is 0 Å². The van der Waals surface area contributed by atoms with Crippen molar-refractivity contribution in [2.45, 2.75) is 19.9 Å². The molecular weight excluding hydrogens is 176 g/mol. The first-order valence-corrected chi connectivity index (χ1v) is 5.50. The van der Waals surface area contributed by atoms with Gasteiger partial charge >= 0.3 is 0 Å². The maximum Gasteiger partial charge on any atom is 0.166 e. The highest BCUT2D eigenvalue weighted by Crippen LogP contribution is 1.87. The molecule has 0 aromatic heterocycles. The number of hydrogen-bond acceptors (Lipinski definition) is 2. The molecule has 2 nitrogen and oxygen atoms in total. The Labute approximate surface area is 78.5 Å². The summed E-state index contributed by atoms with van der Waals surface area (Å²) in [5.41, 5.74) is 0. The Balaban J connectivity index is 3.23. The van der Waals surface area contributed by atoms with Crippen molar-refractivity contribution in [3.05, 3.63) is 0 Å². The maximum absolute atomic E-state index is 5.01. The number of thioether (sulfide) groups is 1. The predicted octanol–water partition coefficient (Wildman–Crippen LogP) is 1.22. The van der Waals surface area contributed by atoms with Crippen LogP contribution in [0.2, 0.25) is 0 Å². The van der Waals surface area contributed by atoms with Crippen molar-refractivity contribution in [3.63, 3.8) is 0 Å². The lowest BCUT2D eigenvalue weighted by molar-refractivity contribution is 0.718. The standard InChI is InChI=1S/C7H16N2S2/c1-6(2)9-7(10)8-4-5-11-3/h6H,4-5H2,1-3H3,(H2,8,9,10). The Morgan fingerprint density at radius 3 is 2.64 bits per heavy atom. The molecule has 0 unspecified atom stereocenters. The van der Waals surface area contributed by atoms with Gasteiger partial charge in [0.15, 0.2) is 5.11 Å². The van der Waals surface area contributed by atoms with E-state index in [1.807, 2.05) is 11.8 Å². The van der Waals surface area contributed by atoms with Gasteiger partial charge < -0.3 is 10.6 Å². The van der Waals surface area contributed by atoms with Crippen LogP contribution in [0.25, 0.3) is 0 Å². The molecule has 4 heteroatoms. The van der Waals surface area contributed by atoms with Gasteiger partial charge in [-0.15, -0.1) is 0 Å². The summed E-state index contributed by atoms with van der Waals surface area (Å²) in [5, 5.41) is 6.99. The predicted molar refractivity (Wildman–Crippen MR) is 57.3 cm³/mol. The summed E-state index contributed by atoms with van der Waals surface area (Å²) >= 11 is 6.82. The van der Waals surface area contributed by atoms with Gasteiger partial charge in [0.25, 0.3) is 0 Å². The molecule has 0 radical (unpaired) electrons. The number of nitrogens with one attached hydrogen (secondary N) is 2. The summed E-state index contributed by atoms with van der Waals surface area (Å²) in [6, 6.07) is 0.421. The van der Waals surface area contributed by atoms with E-state index in [1.54, 1.807) is 0 Å². The Morgan fingerprint density at radius 2 is 2.18 bits per heavy atom. The topological polar surface area (TPSA) is 24.1 Å². The van der Waals surface area contributed by atoms with Crippen molar-refractivity contribution in [2.75, 3.05) is 18.6 Å². The quantitative estimate of drug-likeness (QED) is 0.517. The van der Waals surface area contributed by atoms with Gasteiger partial charge in [0.2, 0.25) is 0 Å². The molecule has 0 aliphatic rings. The monoisotopic (exact) mass is 192 g/mol. The van der Waals surface area contributed by atoms with Gasteiger partial charge in [-0.2, -0.15) is 11.8 Å². The highest BCUT2D eigenvalue weighted by molar-refractivity contribution is 7.98. The summed E-state index contributed by atoms with van der Waals surface area (Å²) in [7, 11) is 0. The second-order valence-corrected chi connectivity index (χ2v) is 3.94. The van der Waals surface area contributed by atoms with E-state index in [0.29, 0.717) is 6.04 Å². The molecule has 0 atom stereocenters. The summed E-state index contributed by atoms with van der Waals surface area (Å²) < 4.78 is 0. The fraction of sp³-hybridized carbons (Fsp3) is 0.857. The van der Waals surface area contributed by atoms with Crippen LogP contribution in [0.4, 0.5) is 0 Å². The molecule has 0 amide bonds. The van der Waals surface area contributed by atoms with E-state index in [2.05, 4.69) is 30.7 Å². The van der Waals surface area contributed by atoms with Crippen LogP contribution in [0.3, 0.4) is 0 Å². The third-order valence-electron chi connectivity index (χ3n) is 1.01. The number of hydrogen-bond donors (Lipinski definition) is 2. The average molecular weight is 192 g/mol. The van der Waals surface area contributed by atoms with Gasteiger partial charge in [0.1, 0.15) is 0 Å². The molecule has 0 bridgehead atoms. The first kappa shape index (κ1) is 11.0. The molecular formula is C7H16N2S2. The summed E-state index contributed by atoms with van der Waals surface area (Å²) in [6.45, 7) is 5.09. The Hall–Kier alpha value is 0.0400. The molecule has 0 rings (SSSR count). The fourth-order valence-corrected chi connectivity index (χ4v) is 1.22. The first-order valence-electron chi connectivity index (χ1n) is 3.70. The number of thiocarbonyl (C=S) groups is 1. The van der Waals surface area contributed by atoms with Gasteiger partial charge in [0, 0.05) is 18.3 Å². The average Bonchev–Trinajstić information content (AvgIpc) is 1.86. The van der Waals surface area contributed by atoms with E-state index in [-0.39, 0.29) is 0 Å². The van der Waals surface area contributed by atoms with E-state index in [1.165, 1.54) is 0 Å². The SMILES string of the molecule is CSCCNC(=S)NC(C)C. The molecule has 0 aromatic rings. The van der Waals surface area contributed by atoms with Crippen molar-refractivity contribution in [2.24, 2.45) is 0 Å². The molecule has 0 saturated carbocycles. The van der Waals surface area contributed by atoms with Crippen molar-refractivity contribution in [1.29, 1.82) is 0 Å². The molecule has 0 aliphatic carbocycles. The van der Waals surface area contributed by atoms with Crippen molar-refractivity contribution >= 4 is 29.1 Å². The van der Waals surface area contributed by atoms with Crippen LogP contribution in [0, 0.1) is 0 Å². The molecule has 0 aromatic carbocycles. The molecule has 0 saturated heterocycles. The van der Waals surface area contributed by atoms with Gasteiger partial charge in [-0.1, -0.05) is 0 Å². The normalized spacial score (nSPS) is 9.82. The molecule has 0 fully saturated rings. The Kier molecular flexibility index (Phi) is 6.76. The Morgan fingerprint density at radius 1 is 1.55 bits per heavy atom. The molecule has 0 aliphatic heterocycles. The van der Waals surface area contributed by atoms with Crippen LogP contribution in [0.5, 0.6) is 0 Å². The van der Waals surface area contributed by atoms with E-state index in [0.717, 1.165) is 17.4 Å². The van der Waals surface area contributed by atoms with Gasteiger partial charge in [-0.3, -0.25) is 0 Å². The zero-order chi connectivity index (χ0) is 8.69. The van der Waals surface area contributed by atoms with Crippen LogP contribution in [-0.2, 0) is 0 Å². The van der Waals surface area contributed by atoms with Crippen LogP contribution in [0.1, 0.15) is 13.8 Å². The molecule has 0 heterocycles. The van der Waals surface area contributed by atoms with Gasteiger partial charge in [-0.05, 0) is 32.3 Å². The maximum atomic E-state index is 5.01. The van der Waals surface area contributed by atoms with E-state index < -0.39 is 0 Å². The van der Waals surface area contributed by atoms with E-state index in [9.17, 15) is 0 Å². The molecule has 2 N–H and O–H groups in total. The Bertz CT molecular complexity index is 115. The van der Waals surface area contributed by atoms with Crippen LogP contribution >= 0.6 is 24.0 Å². The lowest BCUT2D eigenvalue weighted by Crippen LogP contribution is -2.40. The van der Waals surface area contributed by atoms with Crippen LogP contribution < -0.4 is 10.6 Å². The smallest absolute Gasteiger partial charge is 0.166 e. The third-order valence-corrected chi connectivity index (χ3v) is 1.89. The fourth-order valence-electron chi connectivity index (χ4n) is 0.580. The van der Waals surface area contributed by atoms with Crippen LogP contribution in [0.15, 0.2) is 0 Å². The first-order chi connectivity index (χ1) is 5.16. The van der Waals surface area contributed by atoms with Crippen molar-refractivity contribution < 1.29 is 0 Å². The largest absolute Gasteiger partial charge is 0.362 e. The zero-order valence-corrected chi connectivity index (χ0v) is 8.94. The van der Waals surface area contributed by atoms with E-state index in [4.69, 9.17) is 12.2 Å². The second kappa shape index (κ2) is 6.73. The van der Waals surface area contributed by atoms with Crippen molar-refractivity contribution in [3.8, 4) is 0 Å². The molecule has 11 heavy (non-hydrogen) atoms. The minimum absolute atomic E-state index is 0.421. The van der Waals surface area contributed by atoms with Crippen molar-refractivity contribution in [1.82, 2.24) is 10.6 Å². The molecule has 0 spiro atoms. The summed E-state index contributed by atoms with van der Waals surface area (Å²) in [4.78, 5) is 0. The highest BCUT2D eigenvalue weighted by atomic mass is 32.2.